The molecule has 1 N–H and O–H groups in total. The maximum atomic E-state index is 12.6. The first-order valence-electron chi connectivity index (χ1n) is 9.98. The van der Waals surface area contributed by atoms with E-state index in [1.165, 1.54) is 11.8 Å². The second kappa shape index (κ2) is 8.55. The number of amides is 1. The van der Waals surface area contributed by atoms with E-state index in [4.69, 9.17) is 4.74 Å². The van der Waals surface area contributed by atoms with Crippen LogP contribution in [-0.4, -0.2) is 55.9 Å². The van der Waals surface area contributed by atoms with Crippen LogP contribution in [0.5, 0.6) is 5.75 Å². The zero-order chi connectivity index (χ0) is 22.2. The Balaban J connectivity index is 1.54. The minimum absolute atomic E-state index is 0.0298. The fraction of sp³-hybridized carbons (Fsp3) is 0.364. The van der Waals surface area contributed by atoms with Crippen LogP contribution in [0.2, 0.25) is 0 Å². The summed E-state index contributed by atoms with van der Waals surface area (Å²) in [6.07, 6.45) is 0. The Morgan fingerprint density at radius 2 is 2.00 bits per heavy atom. The Morgan fingerprint density at radius 1 is 1.23 bits per heavy atom. The van der Waals surface area contributed by atoms with Gasteiger partial charge in [0.15, 0.2) is 15.0 Å². The van der Waals surface area contributed by atoms with Crippen molar-refractivity contribution in [3.8, 4) is 5.75 Å². The third-order valence-electron chi connectivity index (χ3n) is 5.45. The molecule has 7 nitrogen and oxygen atoms in total. The molecule has 0 aromatic heterocycles. The van der Waals surface area contributed by atoms with Crippen molar-refractivity contribution in [1.82, 2.24) is 0 Å². The van der Waals surface area contributed by atoms with Gasteiger partial charge < -0.3 is 15.0 Å². The molecule has 0 unspecified atom stereocenters. The largest absolute Gasteiger partial charge is 0.495 e. The number of amidine groups is 1. The van der Waals surface area contributed by atoms with E-state index < -0.39 is 9.84 Å². The molecule has 2 heterocycles. The molecule has 0 radical (unpaired) electrons. The molecule has 2 aliphatic rings. The second-order valence-corrected chi connectivity index (χ2v) is 10.9. The van der Waals surface area contributed by atoms with Gasteiger partial charge in [-0.1, -0.05) is 36.0 Å². The van der Waals surface area contributed by atoms with Crippen molar-refractivity contribution >= 4 is 44.0 Å². The van der Waals surface area contributed by atoms with E-state index in [0.29, 0.717) is 10.9 Å². The van der Waals surface area contributed by atoms with E-state index in [2.05, 4.69) is 10.3 Å². The van der Waals surface area contributed by atoms with Crippen molar-refractivity contribution in [1.29, 1.82) is 0 Å². The summed E-state index contributed by atoms with van der Waals surface area (Å²) in [7, 11) is -1.57. The van der Waals surface area contributed by atoms with Crippen molar-refractivity contribution in [3.63, 3.8) is 0 Å². The van der Waals surface area contributed by atoms with Crippen molar-refractivity contribution in [2.75, 3.05) is 34.6 Å². The van der Waals surface area contributed by atoms with Gasteiger partial charge in [-0.2, -0.15) is 0 Å². The number of sulfone groups is 1. The van der Waals surface area contributed by atoms with E-state index in [1.54, 1.807) is 7.11 Å². The van der Waals surface area contributed by atoms with Gasteiger partial charge >= 0.3 is 0 Å². The summed E-state index contributed by atoms with van der Waals surface area (Å²) in [5.41, 5.74) is 3.63. The zero-order valence-corrected chi connectivity index (χ0v) is 19.3. The minimum Gasteiger partial charge on any atom is -0.495 e. The fourth-order valence-electron chi connectivity index (χ4n) is 3.93. The van der Waals surface area contributed by atoms with E-state index >= 15 is 0 Å². The van der Waals surface area contributed by atoms with Crippen molar-refractivity contribution < 1.29 is 17.9 Å². The van der Waals surface area contributed by atoms with Crippen LogP contribution in [0.3, 0.4) is 0 Å². The normalized spacial score (nSPS) is 21.5. The quantitative estimate of drug-likeness (QED) is 0.740. The third kappa shape index (κ3) is 4.57. The van der Waals surface area contributed by atoms with E-state index in [0.717, 1.165) is 22.5 Å². The maximum absolute atomic E-state index is 12.6. The SMILES string of the molecule is COc1ccccc1N1C(SCC(=O)Nc2cc(C)ccc2C)=N[C@H]2CS(=O)(=O)C[C@@H]21. The molecule has 0 bridgehead atoms. The Morgan fingerprint density at radius 3 is 2.77 bits per heavy atom. The molecule has 1 saturated heterocycles. The number of ether oxygens (including phenoxy) is 1. The number of anilines is 2. The summed E-state index contributed by atoms with van der Waals surface area (Å²) in [5, 5.41) is 3.61. The number of hydrogen-bond acceptors (Lipinski definition) is 7. The topological polar surface area (TPSA) is 88.1 Å². The number of aryl methyl sites for hydroxylation is 2. The molecule has 31 heavy (non-hydrogen) atoms. The fourth-order valence-corrected chi connectivity index (χ4v) is 6.69. The lowest BCUT2D eigenvalue weighted by atomic mass is 10.1. The number of carbonyl (C=O) groups is 1. The summed E-state index contributed by atoms with van der Waals surface area (Å²) in [5.74, 6) is 0.746. The number of aliphatic imine (C=N–C) groups is 1. The van der Waals surface area contributed by atoms with E-state index in [1.807, 2.05) is 61.2 Å². The van der Waals surface area contributed by atoms with E-state index in [9.17, 15) is 13.2 Å². The molecule has 4 rings (SSSR count). The average molecular weight is 460 g/mol. The Hall–Kier alpha value is -2.52. The monoisotopic (exact) mass is 459 g/mol. The lowest BCUT2D eigenvalue weighted by molar-refractivity contribution is -0.113. The molecule has 2 aromatic rings. The summed E-state index contributed by atoms with van der Waals surface area (Å²) in [6.45, 7) is 3.93. The average Bonchev–Trinajstić information content (AvgIpc) is 3.20. The predicted molar refractivity (Wildman–Crippen MR) is 126 cm³/mol. The third-order valence-corrected chi connectivity index (χ3v) is 8.12. The van der Waals surface area contributed by atoms with Gasteiger partial charge in [0.25, 0.3) is 0 Å². The Labute approximate surface area is 186 Å². The highest BCUT2D eigenvalue weighted by Crippen LogP contribution is 2.39. The van der Waals surface area contributed by atoms with Gasteiger partial charge in [0.2, 0.25) is 5.91 Å². The molecular formula is C22H25N3O4S2. The Kier molecular flexibility index (Phi) is 5.98. The van der Waals surface area contributed by atoms with Crippen LogP contribution in [0.15, 0.2) is 47.5 Å². The molecule has 164 valence electrons. The zero-order valence-electron chi connectivity index (χ0n) is 17.7. The highest BCUT2D eigenvalue weighted by molar-refractivity contribution is 8.14. The van der Waals surface area contributed by atoms with Gasteiger partial charge in [-0.15, -0.1) is 0 Å². The summed E-state index contributed by atoms with van der Waals surface area (Å²) < 4.78 is 29.9. The molecule has 2 atom stereocenters. The van der Waals surface area contributed by atoms with Crippen LogP contribution in [0, 0.1) is 13.8 Å². The van der Waals surface area contributed by atoms with Crippen LogP contribution in [0.25, 0.3) is 0 Å². The van der Waals surface area contributed by atoms with Gasteiger partial charge in [0, 0.05) is 5.69 Å². The number of methoxy groups -OCH3 is 1. The number of fused-ring (bicyclic) bond motifs is 1. The first-order valence-corrected chi connectivity index (χ1v) is 12.8. The second-order valence-electron chi connectivity index (χ2n) is 7.82. The molecular weight excluding hydrogens is 434 g/mol. The van der Waals surface area contributed by atoms with E-state index in [-0.39, 0.29) is 35.2 Å². The molecule has 2 aromatic carbocycles. The number of para-hydroxylation sites is 2. The highest BCUT2D eigenvalue weighted by Gasteiger charge is 2.47. The van der Waals surface area contributed by atoms with Gasteiger partial charge in [-0.05, 0) is 43.2 Å². The van der Waals surface area contributed by atoms with Crippen molar-refractivity contribution in [2.24, 2.45) is 4.99 Å². The van der Waals surface area contributed by atoms with Crippen molar-refractivity contribution in [3.05, 3.63) is 53.6 Å². The first-order chi connectivity index (χ1) is 14.8. The van der Waals surface area contributed by atoms with Gasteiger partial charge in [0.1, 0.15) is 5.75 Å². The van der Waals surface area contributed by atoms with Gasteiger partial charge in [-0.25, -0.2) is 8.42 Å². The number of nitrogens with one attached hydrogen (secondary N) is 1. The lowest BCUT2D eigenvalue weighted by Gasteiger charge is -2.27. The number of thioether (sulfide) groups is 1. The Bertz CT molecular complexity index is 1150. The number of nitrogens with zero attached hydrogens (tertiary/aromatic N) is 2. The molecule has 1 amide bonds. The molecule has 0 saturated carbocycles. The maximum Gasteiger partial charge on any atom is 0.234 e. The lowest BCUT2D eigenvalue weighted by Crippen LogP contribution is -2.39. The number of benzene rings is 2. The standard InChI is InChI=1S/C22H25N3O4S2/c1-14-8-9-15(2)16(10-14)23-21(26)11-30-22-24-17-12-31(27,28)13-19(17)25(22)18-6-4-5-7-20(18)29-3/h4-10,17,19H,11-13H2,1-3H3,(H,23,26)/t17-,19-/m0/s1. The van der Waals surface area contributed by atoms with Crippen LogP contribution in [0.1, 0.15) is 11.1 Å². The molecule has 0 spiro atoms. The molecule has 9 heteroatoms. The highest BCUT2D eigenvalue weighted by atomic mass is 32.2. The summed E-state index contributed by atoms with van der Waals surface area (Å²) >= 11 is 1.31. The van der Waals surface area contributed by atoms with Crippen molar-refractivity contribution in [2.45, 2.75) is 25.9 Å². The number of rotatable bonds is 5. The van der Waals surface area contributed by atoms with Gasteiger partial charge in [0.05, 0.1) is 42.1 Å². The molecule has 1 fully saturated rings. The minimum atomic E-state index is -3.15. The number of hydrogen-bond donors (Lipinski definition) is 1. The van der Waals surface area contributed by atoms with Crippen LogP contribution >= 0.6 is 11.8 Å². The molecule has 2 aliphatic heterocycles. The number of carbonyl (C=O) groups excluding carboxylic acids is 1. The summed E-state index contributed by atoms with van der Waals surface area (Å²) in [6, 6.07) is 12.8. The molecule has 0 aliphatic carbocycles. The van der Waals surface area contributed by atoms with Gasteiger partial charge in [-0.3, -0.25) is 9.79 Å². The predicted octanol–water partition coefficient (Wildman–Crippen LogP) is 3.03. The van der Waals surface area contributed by atoms with Crippen LogP contribution in [-0.2, 0) is 14.6 Å². The smallest absolute Gasteiger partial charge is 0.234 e. The first kappa shape index (κ1) is 21.7. The van der Waals surface area contributed by atoms with Crippen LogP contribution < -0.4 is 15.0 Å². The summed E-state index contributed by atoms with van der Waals surface area (Å²) in [4.78, 5) is 19.2. The van der Waals surface area contributed by atoms with Crippen LogP contribution in [0.4, 0.5) is 11.4 Å².